The highest BCUT2D eigenvalue weighted by Crippen LogP contribution is 2.32. The molecule has 23 heavy (non-hydrogen) atoms. The van der Waals surface area contributed by atoms with E-state index in [1.807, 2.05) is 18.2 Å². The van der Waals surface area contributed by atoms with E-state index in [-0.39, 0.29) is 29.4 Å². The molecule has 128 valence electrons. The molecule has 2 heterocycles. The highest BCUT2D eigenvalue weighted by atomic mass is 127. The molecule has 0 amide bonds. The van der Waals surface area contributed by atoms with Crippen molar-refractivity contribution in [1.82, 2.24) is 0 Å². The van der Waals surface area contributed by atoms with Crippen molar-refractivity contribution < 1.29 is 14.2 Å². The summed E-state index contributed by atoms with van der Waals surface area (Å²) in [7, 11) is 0. The second-order valence-electron chi connectivity index (χ2n) is 6.15. The van der Waals surface area contributed by atoms with E-state index in [9.17, 15) is 0 Å². The number of rotatable bonds is 3. The molecule has 0 aromatic heterocycles. The maximum atomic E-state index is 5.98. The minimum Gasteiger partial charge on any atom is -0.490 e. The minimum atomic E-state index is 0. The number of nitrogens with zero attached hydrogens (tertiary/aromatic N) is 1. The first kappa shape index (κ1) is 18.1. The topological polar surface area (TPSA) is 78.1 Å². The van der Waals surface area contributed by atoms with Gasteiger partial charge in [-0.05, 0) is 18.6 Å². The van der Waals surface area contributed by atoms with E-state index in [0.29, 0.717) is 25.7 Å². The maximum absolute atomic E-state index is 5.98. The van der Waals surface area contributed by atoms with Gasteiger partial charge in [0.25, 0.3) is 0 Å². The average Bonchev–Trinajstić information content (AvgIpc) is 2.80. The molecule has 7 heteroatoms. The van der Waals surface area contributed by atoms with Gasteiger partial charge in [-0.1, -0.05) is 6.92 Å². The van der Waals surface area contributed by atoms with Crippen molar-refractivity contribution in [1.29, 1.82) is 0 Å². The van der Waals surface area contributed by atoms with E-state index < -0.39 is 0 Å². The molecule has 6 nitrogen and oxygen atoms in total. The molecule has 0 spiro atoms. The molecule has 1 fully saturated rings. The third-order valence-corrected chi connectivity index (χ3v) is 3.95. The lowest BCUT2D eigenvalue weighted by Crippen LogP contribution is -2.27. The fraction of sp³-hybridized carbons (Fsp3) is 0.562. The van der Waals surface area contributed by atoms with Crippen LogP contribution in [-0.4, -0.2) is 38.9 Å². The van der Waals surface area contributed by atoms with E-state index in [1.54, 1.807) is 0 Å². The molecule has 2 aliphatic rings. The molecule has 1 saturated heterocycles. The van der Waals surface area contributed by atoms with Crippen molar-refractivity contribution in [3.8, 4) is 11.5 Å². The molecular weight excluding hydrogens is 409 g/mol. The summed E-state index contributed by atoms with van der Waals surface area (Å²) in [6.07, 6.45) is 1.91. The van der Waals surface area contributed by atoms with E-state index >= 15 is 0 Å². The lowest BCUT2D eigenvalue weighted by atomic mass is 9.90. The second-order valence-corrected chi connectivity index (χ2v) is 6.15. The normalized spacial score (nSPS) is 23.8. The number of guanidine groups is 1. The van der Waals surface area contributed by atoms with Crippen LogP contribution in [0, 0.1) is 5.41 Å². The standard InChI is InChI=1S/C16H23N3O3.HI/c1-16(5-8-20-11-16)10-18-15(17)19-12-3-4-13-14(9-12)22-7-2-6-21-13;/h3-4,9H,2,5-8,10-11H2,1H3,(H3,17,18,19);1H. The molecule has 2 aliphatic heterocycles. The van der Waals surface area contributed by atoms with E-state index in [4.69, 9.17) is 19.9 Å². The highest BCUT2D eigenvalue weighted by Gasteiger charge is 2.29. The van der Waals surface area contributed by atoms with Crippen molar-refractivity contribution in [2.24, 2.45) is 16.1 Å². The van der Waals surface area contributed by atoms with Gasteiger partial charge < -0.3 is 25.3 Å². The smallest absolute Gasteiger partial charge is 0.193 e. The third-order valence-electron chi connectivity index (χ3n) is 3.95. The van der Waals surface area contributed by atoms with Crippen LogP contribution >= 0.6 is 24.0 Å². The summed E-state index contributed by atoms with van der Waals surface area (Å²) < 4.78 is 16.7. The van der Waals surface area contributed by atoms with Crippen molar-refractivity contribution in [2.45, 2.75) is 19.8 Å². The molecular formula is C16H24IN3O3. The van der Waals surface area contributed by atoms with Gasteiger partial charge in [-0.3, -0.25) is 4.99 Å². The average molecular weight is 433 g/mol. The molecule has 0 bridgehead atoms. The molecule has 3 N–H and O–H groups in total. The monoisotopic (exact) mass is 433 g/mol. The van der Waals surface area contributed by atoms with Gasteiger partial charge in [0.15, 0.2) is 17.5 Å². The molecule has 0 saturated carbocycles. The fourth-order valence-corrected chi connectivity index (χ4v) is 2.54. The molecule has 1 aromatic carbocycles. The lowest BCUT2D eigenvalue weighted by molar-refractivity contribution is 0.163. The fourth-order valence-electron chi connectivity index (χ4n) is 2.54. The van der Waals surface area contributed by atoms with Gasteiger partial charge in [0, 0.05) is 30.2 Å². The van der Waals surface area contributed by atoms with Crippen LogP contribution in [0.4, 0.5) is 5.69 Å². The summed E-state index contributed by atoms with van der Waals surface area (Å²) in [5.41, 5.74) is 6.92. The summed E-state index contributed by atoms with van der Waals surface area (Å²) in [6, 6.07) is 5.70. The number of benzene rings is 1. The van der Waals surface area contributed by atoms with Gasteiger partial charge in [-0.2, -0.15) is 0 Å². The Morgan fingerprint density at radius 2 is 2.04 bits per heavy atom. The van der Waals surface area contributed by atoms with Crippen molar-refractivity contribution in [2.75, 3.05) is 38.3 Å². The number of hydrogen-bond acceptors (Lipinski definition) is 4. The van der Waals surface area contributed by atoms with Gasteiger partial charge in [0.2, 0.25) is 0 Å². The predicted molar refractivity (Wildman–Crippen MR) is 101 cm³/mol. The molecule has 1 atom stereocenters. The first-order valence-electron chi connectivity index (χ1n) is 7.69. The zero-order valence-electron chi connectivity index (χ0n) is 13.3. The Bertz CT molecular complexity index is 560. The lowest BCUT2D eigenvalue weighted by Gasteiger charge is -2.19. The predicted octanol–water partition coefficient (Wildman–Crippen LogP) is 2.62. The molecule has 0 aliphatic carbocycles. The number of aliphatic imine (C=N–C) groups is 1. The van der Waals surface area contributed by atoms with Gasteiger partial charge in [-0.15, -0.1) is 24.0 Å². The van der Waals surface area contributed by atoms with Crippen molar-refractivity contribution in [3.63, 3.8) is 0 Å². The summed E-state index contributed by atoms with van der Waals surface area (Å²) in [5, 5.41) is 3.10. The SMILES string of the molecule is CC1(CN=C(N)Nc2ccc3c(c2)OCCCO3)CCOC1.I. The second kappa shape index (κ2) is 8.05. The molecule has 3 rings (SSSR count). The van der Waals surface area contributed by atoms with Gasteiger partial charge in [0.1, 0.15) is 0 Å². The Morgan fingerprint density at radius 1 is 1.26 bits per heavy atom. The quantitative estimate of drug-likeness (QED) is 0.436. The number of nitrogens with two attached hydrogens (primary N) is 1. The molecule has 1 aromatic rings. The Labute approximate surface area is 153 Å². The first-order chi connectivity index (χ1) is 10.6. The maximum Gasteiger partial charge on any atom is 0.193 e. The first-order valence-corrected chi connectivity index (χ1v) is 7.69. The Balaban J connectivity index is 0.00000192. The van der Waals surface area contributed by atoms with Crippen LogP contribution in [0.2, 0.25) is 0 Å². The number of hydrogen-bond donors (Lipinski definition) is 2. The van der Waals surface area contributed by atoms with Gasteiger partial charge >= 0.3 is 0 Å². The van der Waals surface area contributed by atoms with Gasteiger partial charge in [0.05, 0.1) is 26.4 Å². The summed E-state index contributed by atoms with van der Waals surface area (Å²) in [4.78, 5) is 4.44. The Kier molecular flexibility index (Phi) is 6.34. The van der Waals surface area contributed by atoms with E-state index in [2.05, 4.69) is 17.2 Å². The number of anilines is 1. The number of nitrogens with one attached hydrogen (secondary N) is 1. The molecule has 0 radical (unpaired) electrons. The highest BCUT2D eigenvalue weighted by molar-refractivity contribution is 14.0. The summed E-state index contributed by atoms with van der Waals surface area (Å²) in [6.45, 7) is 5.73. The summed E-state index contributed by atoms with van der Waals surface area (Å²) in [5.74, 6) is 1.92. The zero-order valence-corrected chi connectivity index (χ0v) is 15.7. The van der Waals surface area contributed by atoms with Gasteiger partial charge in [-0.25, -0.2) is 0 Å². The van der Waals surface area contributed by atoms with Crippen molar-refractivity contribution in [3.05, 3.63) is 18.2 Å². The third kappa shape index (κ3) is 4.87. The largest absolute Gasteiger partial charge is 0.490 e. The van der Waals surface area contributed by atoms with Crippen LogP contribution in [0.5, 0.6) is 11.5 Å². The van der Waals surface area contributed by atoms with Crippen LogP contribution < -0.4 is 20.5 Å². The Morgan fingerprint density at radius 3 is 2.78 bits per heavy atom. The zero-order chi connectivity index (χ0) is 15.4. The van der Waals surface area contributed by atoms with Crippen LogP contribution in [0.15, 0.2) is 23.2 Å². The van der Waals surface area contributed by atoms with Crippen LogP contribution in [0.25, 0.3) is 0 Å². The molecule has 1 unspecified atom stereocenters. The van der Waals surface area contributed by atoms with Crippen LogP contribution in [-0.2, 0) is 4.74 Å². The van der Waals surface area contributed by atoms with Crippen LogP contribution in [0.1, 0.15) is 19.8 Å². The Hall–Kier alpha value is -1.22. The van der Waals surface area contributed by atoms with E-state index in [1.165, 1.54) is 0 Å². The van der Waals surface area contributed by atoms with Crippen molar-refractivity contribution >= 4 is 35.6 Å². The number of halogens is 1. The summed E-state index contributed by atoms with van der Waals surface area (Å²) >= 11 is 0. The van der Waals surface area contributed by atoms with Crippen LogP contribution in [0.3, 0.4) is 0 Å². The number of fused-ring (bicyclic) bond motifs is 1. The van der Waals surface area contributed by atoms with E-state index in [0.717, 1.165) is 43.2 Å². The number of ether oxygens (including phenoxy) is 3. The minimum absolute atomic E-state index is 0.